The maximum Gasteiger partial charge on any atom is 0.316 e. The van der Waals surface area contributed by atoms with Crippen molar-refractivity contribution in [3.63, 3.8) is 0 Å². The lowest BCUT2D eigenvalue weighted by Crippen LogP contribution is -2.18. The van der Waals surface area contributed by atoms with Crippen LogP contribution < -0.4 is 34.2 Å². The van der Waals surface area contributed by atoms with Gasteiger partial charge in [0.2, 0.25) is 17.3 Å². The number of amides is 1. The summed E-state index contributed by atoms with van der Waals surface area (Å²) in [7, 11) is 8.92. The Morgan fingerprint density at radius 3 is 1.61 bits per heavy atom. The zero-order chi connectivity index (χ0) is 24.1. The highest BCUT2D eigenvalue weighted by Gasteiger charge is 2.24. The second-order valence-corrected chi connectivity index (χ2v) is 6.50. The minimum atomic E-state index is -0.644. The van der Waals surface area contributed by atoms with Crippen molar-refractivity contribution in [3.8, 4) is 34.5 Å². The normalized spacial score (nSPS) is 13.3. The molecule has 3 rings (SSSR count). The van der Waals surface area contributed by atoms with Crippen molar-refractivity contribution in [2.24, 2.45) is 20.7 Å². The summed E-state index contributed by atoms with van der Waals surface area (Å²) in [4.78, 5) is 24.9. The van der Waals surface area contributed by atoms with Crippen molar-refractivity contribution in [2.75, 3.05) is 42.7 Å². The zero-order valence-corrected chi connectivity index (χ0v) is 19.1. The van der Waals surface area contributed by atoms with Crippen LogP contribution in [0, 0.1) is 0 Å². The van der Waals surface area contributed by atoms with Gasteiger partial charge in [0.25, 0.3) is 0 Å². The smallest absolute Gasteiger partial charge is 0.316 e. The Kier molecular flexibility index (Phi) is 7.01. The standard InChI is InChI=1S/C22H24N4O7/c1-28-13-7-11(8-14(29-2)17(13)32-5)19(23)24-21-22(27)26-20(25-21)12-9-15(30-3)18(33-6)16(10-12)31-4/h7-10H,1-6H3,(H2,23,24,25,26,27). The first-order chi connectivity index (χ1) is 15.9. The second kappa shape index (κ2) is 9.90. The van der Waals surface area contributed by atoms with E-state index in [9.17, 15) is 4.79 Å². The van der Waals surface area contributed by atoms with Crippen molar-refractivity contribution in [3.05, 3.63) is 35.4 Å². The molecular weight excluding hydrogens is 432 g/mol. The summed E-state index contributed by atoms with van der Waals surface area (Å²) >= 11 is 0. The van der Waals surface area contributed by atoms with E-state index in [0.717, 1.165) is 0 Å². The molecule has 0 saturated heterocycles. The molecule has 33 heavy (non-hydrogen) atoms. The van der Waals surface area contributed by atoms with Crippen LogP contribution >= 0.6 is 0 Å². The van der Waals surface area contributed by atoms with Crippen molar-refractivity contribution in [2.45, 2.75) is 0 Å². The fraction of sp³-hybridized carbons (Fsp3) is 0.273. The monoisotopic (exact) mass is 456 g/mol. The van der Waals surface area contributed by atoms with Crippen molar-refractivity contribution < 1.29 is 33.2 Å². The fourth-order valence-corrected chi connectivity index (χ4v) is 3.14. The molecule has 174 valence electrons. The number of benzene rings is 2. The topological polar surface area (TPSA) is 136 Å². The van der Waals surface area contributed by atoms with Crippen LogP contribution in [0.25, 0.3) is 0 Å². The molecule has 0 atom stereocenters. The van der Waals surface area contributed by atoms with E-state index in [1.807, 2.05) is 0 Å². The number of hydrogen-bond donors (Lipinski definition) is 1. The number of nitrogens with two attached hydrogens (primary N) is 1. The van der Waals surface area contributed by atoms with Gasteiger partial charge in [-0.05, 0) is 24.3 Å². The van der Waals surface area contributed by atoms with Gasteiger partial charge in [-0.1, -0.05) is 0 Å². The Hall–Kier alpha value is -4.28. The van der Waals surface area contributed by atoms with Crippen molar-refractivity contribution in [1.29, 1.82) is 0 Å². The van der Waals surface area contributed by atoms with Gasteiger partial charge in [0.1, 0.15) is 5.84 Å². The molecule has 2 aromatic carbocycles. The summed E-state index contributed by atoms with van der Waals surface area (Å²) in [5.74, 6) is 1.70. The summed E-state index contributed by atoms with van der Waals surface area (Å²) in [5.41, 5.74) is 7.07. The Bertz CT molecular complexity index is 1120. The molecule has 0 fully saturated rings. The van der Waals surface area contributed by atoms with E-state index in [2.05, 4.69) is 15.0 Å². The largest absolute Gasteiger partial charge is 0.493 e. The van der Waals surface area contributed by atoms with E-state index >= 15 is 0 Å². The first kappa shape index (κ1) is 23.4. The average Bonchev–Trinajstić information content (AvgIpc) is 3.21. The molecule has 11 heteroatoms. The molecule has 0 radical (unpaired) electrons. The van der Waals surface area contributed by atoms with Gasteiger partial charge in [-0.3, -0.25) is 4.79 Å². The minimum Gasteiger partial charge on any atom is -0.493 e. The second-order valence-electron chi connectivity index (χ2n) is 6.50. The number of carbonyl (C=O) groups is 1. The minimum absolute atomic E-state index is 0.0164. The first-order valence-electron chi connectivity index (χ1n) is 9.57. The highest BCUT2D eigenvalue weighted by Crippen LogP contribution is 2.39. The predicted molar refractivity (Wildman–Crippen MR) is 122 cm³/mol. The highest BCUT2D eigenvalue weighted by molar-refractivity contribution is 6.47. The summed E-state index contributed by atoms with van der Waals surface area (Å²) < 4.78 is 32.0. The van der Waals surface area contributed by atoms with Crippen LogP contribution in [0.1, 0.15) is 11.1 Å². The molecule has 11 nitrogen and oxygen atoms in total. The molecule has 1 amide bonds. The fourth-order valence-electron chi connectivity index (χ4n) is 3.14. The van der Waals surface area contributed by atoms with Crippen LogP contribution in [0.2, 0.25) is 0 Å². The third-order valence-corrected chi connectivity index (χ3v) is 4.72. The van der Waals surface area contributed by atoms with Gasteiger partial charge in [0.05, 0.1) is 42.7 Å². The summed E-state index contributed by atoms with van der Waals surface area (Å²) in [6.07, 6.45) is 0. The van der Waals surface area contributed by atoms with Gasteiger partial charge in [0, 0.05) is 11.1 Å². The Balaban J connectivity index is 2.00. The van der Waals surface area contributed by atoms with E-state index in [0.29, 0.717) is 45.6 Å². The molecule has 1 aliphatic rings. The number of ether oxygens (including phenoxy) is 6. The van der Waals surface area contributed by atoms with Gasteiger partial charge >= 0.3 is 5.91 Å². The molecule has 0 spiro atoms. The van der Waals surface area contributed by atoms with Crippen LogP contribution in [-0.4, -0.2) is 66.1 Å². The van der Waals surface area contributed by atoms with Gasteiger partial charge in [0.15, 0.2) is 28.8 Å². The van der Waals surface area contributed by atoms with Gasteiger partial charge in [-0.25, -0.2) is 9.98 Å². The van der Waals surface area contributed by atoms with E-state index in [-0.39, 0.29) is 17.5 Å². The quantitative estimate of drug-likeness (QED) is 0.469. The summed E-state index contributed by atoms with van der Waals surface area (Å²) in [6, 6.07) is 6.49. The third-order valence-electron chi connectivity index (χ3n) is 4.72. The highest BCUT2D eigenvalue weighted by atomic mass is 16.5. The molecule has 2 N–H and O–H groups in total. The molecular formula is C22H24N4O7. The molecule has 0 bridgehead atoms. The maximum atomic E-state index is 12.5. The lowest BCUT2D eigenvalue weighted by molar-refractivity contribution is -0.111. The number of rotatable bonds is 8. The molecule has 2 aromatic rings. The lowest BCUT2D eigenvalue weighted by Gasteiger charge is -2.13. The summed E-state index contributed by atoms with van der Waals surface area (Å²) in [6.45, 7) is 0. The predicted octanol–water partition coefficient (Wildman–Crippen LogP) is 1.83. The molecule has 0 aliphatic carbocycles. The molecule has 0 saturated carbocycles. The SMILES string of the molecule is COc1cc(C(N)=NC2=NC(c3cc(OC)c(OC)c(OC)c3)=NC2=O)cc(OC)c1OC. The van der Waals surface area contributed by atoms with Crippen molar-refractivity contribution >= 4 is 23.4 Å². The van der Waals surface area contributed by atoms with Gasteiger partial charge < -0.3 is 34.2 Å². The molecule has 1 aliphatic heterocycles. The third kappa shape index (κ3) is 4.52. The molecule has 0 aromatic heterocycles. The Labute approximate surface area is 190 Å². The number of nitrogens with zero attached hydrogens (tertiary/aromatic N) is 3. The number of methoxy groups -OCH3 is 6. The molecule has 0 unspecified atom stereocenters. The van der Waals surface area contributed by atoms with Gasteiger partial charge in [-0.15, -0.1) is 0 Å². The van der Waals surface area contributed by atoms with Crippen LogP contribution in [0.4, 0.5) is 0 Å². The van der Waals surface area contributed by atoms with Gasteiger partial charge in [-0.2, -0.15) is 4.99 Å². The molecule has 1 heterocycles. The van der Waals surface area contributed by atoms with Crippen molar-refractivity contribution in [1.82, 2.24) is 0 Å². The zero-order valence-electron chi connectivity index (χ0n) is 19.1. The average molecular weight is 456 g/mol. The van der Waals surface area contributed by atoms with E-state index in [1.165, 1.54) is 42.7 Å². The number of carbonyl (C=O) groups excluding carboxylic acids is 1. The van der Waals surface area contributed by atoms with Crippen LogP contribution in [0.5, 0.6) is 34.5 Å². The summed E-state index contributed by atoms with van der Waals surface area (Å²) in [5, 5.41) is 0. The number of hydrogen-bond acceptors (Lipinski definition) is 9. The Morgan fingerprint density at radius 2 is 1.18 bits per heavy atom. The van der Waals surface area contributed by atoms with E-state index in [4.69, 9.17) is 34.2 Å². The van der Waals surface area contributed by atoms with Crippen LogP contribution in [-0.2, 0) is 4.79 Å². The lowest BCUT2D eigenvalue weighted by atomic mass is 10.1. The van der Waals surface area contributed by atoms with E-state index < -0.39 is 5.91 Å². The maximum absolute atomic E-state index is 12.5. The first-order valence-corrected chi connectivity index (χ1v) is 9.57. The van der Waals surface area contributed by atoms with E-state index in [1.54, 1.807) is 24.3 Å². The Morgan fingerprint density at radius 1 is 0.727 bits per heavy atom. The van der Waals surface area contributed by atoms with Crippen LogP contribution in [0.15, 0.2) is 39.2 Å². The number of amidine groups is 3. The number of aliphatic imine (C=N–C) groups is 3. The van der Waals surface area contributed by atoms with Crippen LogP contribution in [0.3, 0.4) is 0 Å².